The van der Waals surface area contributed by atoms with Crippen molar-refractivity contribution >= 4 is 51.7 Å². The number of hydrogen-bond donors (Lipinski definition) is 0. The van der Waals surface area contributed by atoms with E-state index in [0.29, 0.717) is 16.4 Å². The molecule has 0 atom stereocenters. The molecule has 0 spiro atoms. The summed E-state index contributed by atoms with van der Waals surface area (Å²) in [6.07, 6.45) is 1.75. The molecule has 4 rings (SSSR count). The van der Waals surface area contributed by atoms with Gasteiger partial charge in [-0.2, -0.15) is 0 Å². The molecule has 5 nitrogen and oxygen atoms in total. The first-order valence-corrected chi connectivity index (χ1v) is 9.56. The Hall–Kier alpha value is -2.16. The number of nitrogens with zero attached hydrogens (tertiary/aromatic N) is 2. The van der Waals surface area contributed by atoms with Crippen LogP contribution < -0.4 is 0 Å². The predicted molar refractivity (Wildman–Crippen MR) is 95.6 cm³/mol. The van der Waals surface area contributed by atoms with Crippen molar-refractivity contribution in [2.24, 2.45) is 0 Å². The molecule has 1 saturated heterocycles. The van der Waals surface area contributed by atoms with Crippen LogP contribution in [-0.2, 0) is 11.3 Å². The fourth-order valence-electron chi connectivity index (χ4n) is 2.22. The summed E-state index contributed by atoms with van der Waals surface area (Å²) in [6.45, 7) is 0.112. The van der Waals surface area contributed by atoms with Crippen molar-refractivity contribution in [3.8, 4) is 10.6 Å². The zero-order valence-electron chi connectivity index (χ0n) is 12.2. The van der Waals surface area contributed by atoms with E-state index < -0.39 is 0 Å². The third-order valence-corrected chi connectivity index (χ3v) is 5.94. The maximum absolute atomic E-state index is 12.4. The van der Waals surface area contributed by atoms with E-state index in [1.54, 1.807) is 23.5 Å². The molecule has 4 heterocycles. The van der Waals surface area contributed by atoms with Gasteiger partial charge in [-0.3, -0.25) is 14.5 Å². The largest absolute Gasteiger partial charge is 0.355 e. The van der Waals surface area contributed by atoms with Gasteiger partial charge in [0.1, 0.15) is 5.69 Å². The van der Waals surface area contributed by atoms with Gasteiger partial charge in [-0.05, 0) is 40.7 Å². The number of amides is 2. The van der Waals surface area contributed by atoms with Gasteiger partial charge in [0.15, 0.2) is 5.76 Å². The number of rotatable bonds is 4. The van der Waals surface area contributed by atoms with E-state index in [1.165, 1.54) is 16.2 Å². The van der Waals surface area contributed by atoms with Crippen LogP contribution in [0.3, 0.4) is 0 Å². The summed E-state index contributed by atoms with van der Waals surface area (Å²) in [5.74, 6) is 0.347. The number of hydrogen-bond acceptors (Lipinski definition) is 7. The summed E-state index contributed by atoms with van der Waals surface area (Å²) in [4.78, 5) is 28.1. The van der Waals surface area contributed by atoms with Crippen LogP contribution in [0.4, 0.5) is 4.79 Å². The molecule has 0 bridgehead atoms. The number of carbonyl (C=O) groups is 2. The highest BCUT2D eigenvalue weighted by Crippen LogP contribution is 2.34. The van der Waals surface area contributed by atoms with Gasteiger partial charge in [0.05, 0.1) is 16.3 Å². The highest BCUT2D eigenvalue weighted by molar-refractivity contribution is 8.18. The van der Waals surface area contributed by atoms with Crippen LogP contribution in [0.5, 0.6) is 0 Å². The van der Waals surface area contributed by atoms with E-state index in [-0.39, 0.29) is 17.7 Å². The highest BCUT2D eigenvalue weighted by Gasteiger charge is 2.35. The van der Waals surface area contributed by atoms with E-state index in [0.717, 1.165) is 21.5 Å². The minimum atomic E-state index is -0.293. The fraction of sp³-hybridized carbons (Fsp3) is 0.0625. The molecule has 8 heteroatoms. The Morgan fingerprint density at radius 1 is 1.17 bits per heavy atom. The third-order valence-electron chi connectivity index (χ3n) is 3.33. The number of carbonyl (C=O) groups excluding carboxylic acids is 2. The first-order chi connectivity index (χ1) is 11.7. The molecule has 0 radical (unpaired) electrons. The number of imide groups is 1. The summed E-state index contributed by atoms with van der Waals surface area (Å²) < 4.78 is 5.29. The Balaban J connectivity index is 1.52. The Kier molecular flexibility index (Phi) is 4.09. The lowest BCUT2D eigenvalue weighted by atomic mass is 10.3. The molecule has 1 aliphatic heterocycles. The van der Waals surface area contributed by atoms with Crippen LogP contribution in [0.15, 0.2) is 50.5 Å². The molecule has 1 aliphatic rings. The fourth-order valence-corrected chi connectivity index (χ4v) is 4.46. The molecule has 1 fully saturated rings. The number of thiophene rings is 2. The standard InChI is InChI=1S/C16H10N2O3S3/c19-15-14(8-11-3-1-5-22-11)24-16(20)18(15)9-10-7-12(21-17-10)13-4-2-6-23-13/h1-8H,9H2/b14-8-. The van der Waals surface area contributed by atoms with Gasteiger partial charge in [-0.1, -0.05) is 17.3 Å². The summed E-state index contributed by atoms with van der Waals surface area (Å²) in [7, 11) is 0. The normalized spacial score (nSPS) is 16.5. The van der Waals surface area contributed by atoms with Crippen LogP contribution >= 0.6 is 34.4 Å². The van der Waals surface area contributed by atoms with Crippen LogP contribution in [0.2, 0.25) is 0 Å². The summed E-state index contributed by atoms with van der Waals surface area (Å²) in [6, 6.07) is 9.43. The lowest BCUT2D eigenvalue weighted by Crippen LogP contribution is -2.27. The molecule has 24 heavy (non-hydrogen) atoms. The van der Waals surface area contributed by atoms with E-state index in [4.69, 9.17) is 4.52 Å². The van der Waals surface area contributed by atoms with Gasteiger partial charge in [0.25, 0.3) is 11.1 Å². The van der Waals surface area contributed by atoms with Crippen LogP contribution in [0.1, 0.15) is 10.6 Å². The Morgan fingerprint density at radius 2 is 2.00 bits per heavy atom. The van der Waals surface area contributed by atoms with Crippen molar-refractivity contribution in [1.29, 1.82) is 0 Å². The van der Waals surface area contributed by atoms with Crippen molar-refractivity contribution < 1.29 is 14.1 Å². The Bertz CT molecular complexity index is 910. The van der Waals surface area contributed by atoms with Gasteiger partial charge in [0.2, 0.25) is 0 Å². The van der Waals surface area contributed by atoms with Gasteiger partial charge in [0, 0.05) is 10.9 Å². The molecule has 2 amide bonds. The molecule has 0 aliphatic carbocycles. The van der Waals surface area contributed by atoms with Gasteiger partial charge < -0.3 is 4.52 Å². The Labute approximate surface area is 149 Å². The van der Waals surface area contributed by atoms with Gasteiger partial charge in [-0.25, -0.2) is 0 Å². The first kappa shape index (κ1) is 15.4. The van der Waals surface area contributed by atoms with E-state index in [2.05, 4.69) is 5.16 Å². The second-order valence-electron chi connectivity index (χ2n) is 4.94. The van der Waals surface area contributed by atoms with Crippen LogP contribution in [0.25, 0.3) is 16.7 Å². The average Bonchev–Trinajstić information content (AvgIpc) is 3.33. The Morgan fingerprint density at radius 3 is 2.75 bits per heavy atom. The second-order valence-corrected chi connectivity index (χ2v) is 7.86. The highest BCUT2D eigenvalue weighted by atomic mass is 32.2. The minimum Gasteiger partial charge on any atom is -0.355 e. The number of thioether (sulfide) groups is 1. The lowest BCUT2D eigenvalue weighted by molar-refractivity contribution is -0.123. The van der Waals surface area contributed by atoms with Crippen molar-refractivity contribution in [3.05, 3.63) is 56.6 Å². The molecule has 3 aromatic rings. The van der Waals surface area contributed by atoms with Crippen molar-refractivity contribution in [2.45, 2.75) is 6.54 Å². The molecule has 0 N–H and O–H groups in total. The van der Waals surface area contributed by atoms with Crippen molar-refractivity contribution in [3.63, 3.8) is 0 Å². The molecule has 0 unspecified atom stereocenters. The van der Waals surface area contributed by atoms with Crippen molar-refractivity contribution in [2.75, 3.05) is 0 Å². The van der Waals surface area contributed by atoms with Crippen LogP contribution in [0, 0.1) is 0 Å². The molecule has 0 aromatic carbocycles. The summed E-state index contributed by atoms with van der Waals surface area (Å²) in [5, 5.41) is 7.55. The van der Waals surface area contributed by atoms with Gasteiger partial charge in [-0.15, -0.1) is 22.7 Å². The summed E-state index contributed by atoms with van der Waals surface area (Å²) in [5.41, 5.74) is 0.554. The first-order valence-electron chi connectivity index (χ1n) is 6.99. The predicted octanol–water partition coefficient (Wildman–Crippen LogP) is 4.70. The quantitative estimate of drug-likeness (QED) is 0.619. The lowest BCUT2D eigenvalue weighted by Gasteiger charge is -2.09. The van der Waals surface area contributed by atoms with Crippen molar-refractivity contribution in [1.82, 2.24) is 10.1 Å². The van der Waals surface area contributed by atoms with E-state index >= 15 is 0 Å². The van der Waals surface area contributed by atoms with E-state index in [1.807, 2.05) is 35.0 Å². The summed E-state index contributed by atoms with van der Waals surface area (Å²) >= 11 is 4.02. The van der Waals surface area contributed by atoms with E-state index in [9.17, 15) is 9.59 Å². The second kappa shape index (κ2) is 6.39. The molecule has 3 aromatic heterocycles. The zero-order chi connectivity index (χ0) is 16.5. The smallest absolute Gasteiger partial charge is 0.293 e. The molecular weight excluding hydrogens is 364 g/mol. The topological polar surface area (TPSA) is 63.4 Å². The van der Waals surface area contributed by atoms with Crippen LogP contribution in [-0.4, -0.2) is 21.2 Å². The molecular formula is C16H10N2O3S3. The maximum atomic E-state index is 12.4. The zero-order valence-corrected chi connectivity index (χ0v) is 14.6. The monoisotopic (exact) mass is 374 g/mol. The van der Waals surface area contributed by atoms with Gasteiger partial charge >= 0.3 is 0 Å². The molecule has 0 saturated carbocycles. The maximum Gasteiger partial charge on any atom is 0.293 e. The SMILES string of the molecule is O=C1S/C(=C\c2cccs2)C(=O)N1Cc1cc(-c2cccs2)on1. The minimum absolute atomic E-state index is 0.112. The average molecular weight is 374 g/mol. The molecule has 120 valence electrons. The number of aromatic nitrogens is 1. The third kappa shape index (κ3) is 2.95.